The molecule has 2 aromatic rings. The van der Waals surface area contributed by atoms with Crippen LogP contribution >= 0.6 is 11.6 Å². The Morgan fingerprint density at radius 1 is 1.20 bits per heavy atom. The fourth-order valence-electron chi connectivity index (χ4n) is 2.34. The van der Waals surface area contributed by atoms with Crippen molar-refractivity contribution in [3.63, 3.8) is 0 Å². The summed E-state index contributed by atoms with van der Waals surface area (Å²) in [5.41, 5.74) is 2.05. The van der Waals surface area contributed by atoms with Gasteiger partial charge in [0.25, 0.3) is 5.91 Å². The molecule has 0 aromatic heterocycles. The monoisotopic (exact) mass is 361 g/mol. The number of phenols is 1. The molecule has 0 aliphatic rings. The van der Waals surface area contributed by atoms with Crippen molar-refractivity contribution in [1.82, 2.24) is 5.32 Å². The van der Waals surface area contributed by atoms with E-state index in [-0.39, 0.29) is 17.4 Å². The lowest BCUT2D eigenvalue weighted by Crippen LogP contribution is -2.32. The number of halogens is 1. The lowest BCUT2D eigenvalue weighted by molar-refractivity contribution is -0.125. The molecule has 2 aromatic carbocycles. The number of benzene rings is 2. The van der Waals surface area contributed by atoms with Crippen LogP contribution in [0.1, 0.15) is 40.9 Å². The number of hydrogen-bond acceptors (Lipinski definition) is 4. The molecule has 0 aliphatic heterocycles. The predicted octanol–water partition coefficient (Wildman–Crippen LogP) is 3.78. The molecule has 5 nitrogen and oxygen atoms in total. The molecular weight excluding hydrogens is 342 g/mol. The molecule has 0 spiro atoms. The quantitative estimate of drug-likeness (QED) is 0.768. The minimum atomic E-state index is -0.807. The molecule has 2 rings (SSSR count). The summed E-state index contributed by atoms with van der Waals surface area (Å²) < 4.78 is 4.96. The smallest absolute Gasteiger partial charge is 0.342 e. The third-order valence-electron chi connectivity index (χ3n) is 3.74. The highest BCUT2D eigenvalue weighted by atomic mass is 35.5. The average Bonchev–Trinajstić information content (AvgIpc) is 2.60. The van der Waals surface area contributed by atoms with Crippen LogP contribution in [-0.4, -0.2) is 23.6 Å². The third kappa shape index (κ3) is 5.22. The van der Waals surface area contributed by atoms with E-state index in [0.29, 0.717) is 11.4 Å². The Bertz CT molecular complexity index is 759. The zero-order valence-electron chi connectivity index (χ0n) is 14.1. The number of phenolic OH excluding ortho intramolecular Hbond substituents is 1. The Morgan fingerprint density at radius 3 is 2.52 bits per heavy atom. The molecule has 0 saturated carbocycles. The van der Waals surface area contributed by atoms with E-state index in [0.717, 1.165) is 11.1 Å². The van der Waals surface area contributed by atoms with E-state index in [9.17, 15) is 14.7 Å². The van der Waals surface area contributed by atoms with Crippen LogP contribution in [0.25, 0.3) is 0 Å². The zero-order chi connectivity index (χ0) is 18.4. The number of hydrogen-bond donors (Lipinski definition) is 2. The molecule has 1 atom stereocenters. The van der Waals surface area contributed by atoms with Gasteiger partial charge >= 0.3 is 5.97 Å². The first-order valence-corrected chi connectivity index (χ1v) is 8.30. The van der Waals surface area contributed by atoms with Crippen LogP contribution < -0.4 is 5.32 Å². The minimum Gasteiger partial charge on any atom is -0.507 e. The predicted molar refractivity (Wildman–Crippen MR) is 95.8 cm³/mol. The van der Waals surface area contributed by atoms with Gasteiger partial charge in [-0.2, -0.15) is 0 Å². The highest BCUT2D eigenvalue weighted by Gasteiger charge is 2.17. The Labute approximate surface area is 151 Å². The average molecular weight is 362 g/mol. The normalized spacial score (nSPS) is 11.6. The fourth-order valence-corrected chi connectivity index (χ4v) is 2.51. The molecule has 0 unspecified atom stereocenters. The number of ether oxygens (including phenoxy) is 1. The number of nitrogens with one attached hydrogen (secondary N) is 1. The van der Waals surface area contributed by atoms with Gasteiger partial charge in [0.2, 0.25) is 0 Å². The van der Waals surface area contributed by atoms with Crippen molar-refractivity contribution in [2.45, 2.75) is 26.3 Å². The van der Waals surface area contributed by atoms with Crippen LogP contribution in [0.2, 0.25) is 5.02 Å². The van der Waals surface area contributed by atoms with Gasteiger partial charge in [-0.15, -0.1) is 0 Å². The van der Waals surface area contributed by atoms with E-state index in [1.165, 1.54) is 18.2 Å². The Kier molecular flexibility index (Phi) is 6.42. The van der Waals surface area contributed by atoms with Crippen molar-refractivity contribution >= 4 is 23.5 Å². The maximum atomic E-state index is 12.1. The van der Waals surface area contributed by atoms with Crippen molar-refractivity contribution in [3.8, 4) is 5.75 Å². The summed E-state index contributed by atoms with van der Waals surface area (Å²) in [5.74, 6) is -1.47. The van der Waals surface area contributed by atoms with Gasteiger partial charge in [-0.25, -0.2) is 4.79 Å². The van der Waals surface area contributed by atoms with Crippen LogP contribution in [0, 0.1) is 6.92 Å². The number of esters is 1. The lowest BCUT2D eigenvalue weighted by Gasteiger charge is -2.17. The second kappa shape index (κ2) is 8.53. The number of rotatable bonds is 6. The van der Waals surface area contributed by atoms with Crippen molar-refractivity contribution in [2.24, 2.45) is 0 Å². The van der Waals surface area contributed by atoms with Gasteiger partial charge in [0, 0.05) is 5.02 Å². The summed E-state index contributed by atoms with van der Waals surface area (Å²) in [6, 6.07) is 11.7. The number of aromatic hydroxyl groups is 1. The molecule has 132 valence electrons. The van der Waals surface area contributed by atoms with Crippen molar-refractivity contribution in [1.29, 1.82) is 0 Å². The summed E-state index contributed by atoms with van der Waals surface area (Å²) in [6.07, 6.45) is 0.706. The van der Waals surface area contributed by atoms with Crippen LogP contribution in [-0.2, 0) is 9.53 Å². The first-order chi connectivity index (χ1) is 11.9. The molecule has 0 saturated heterocycles. The van der Waals surface area contributed by atoms with Crippen molar-refractivity contribution in [2.75, 3.05) is 6.61 Å². The van der Waals surface area contributed by atoms with Gasteiger partial charge < -0.3 is 15.2 Å². The van der Waals surface area contributed by atoms with Crippen LogP contribution in [0.4, 0.5) is 0 Å². The second-order valence-corrected chi connectivity index (χ2v) is 6.11. The number of aryl methyl sites for hydroxylation is 1. The van der Waals surface area contributed by atoms with E-state index >= 15 is 0 Å². The molecule has 2 N–H and O–H groups in total. The SMILES string of the molecule is CC[C@H](NC(=O)COC(=O)c1cc(Cl)ccc1O)c1ccc(C)cc1. The molecule has 0 fully saturated rings. The van der Waals surface area contributed by atoms with E-state index in [1.54, 1.807) is 0 Å². The van der Waals surface area contributed by atoms with Crippen LogP contribution in [0.15, 0.2) is 42.5 Å². The highest BCUT2D eigenvalue weighted by molar-refractivity contribution is 6.31. The summed E-state index contributed by atoms with van der Waals surface area (Å²) in [7, 11) is 0. The molecule has 1 amide bonds. The van der Waals surface area contributed by atoms with Gasteiger partial charge in [-0.1, -0.05) is 48.4 Å². The van der Waals surface area contributed by atoms with Gasteiger partial charge in [0.05, 0.1) is 6.04 Å². The van der Waals surface area contributed by atoms with Gasteiger partial charge in [0.15, 0.2) is 6.61 Å². The minimum absolute atomic E-state index is 0.0779. The molecular formula is C19H20ClNO4. The number of carbonyl (C=O) groups is 2. The molecule has 0 aliphatic carbocycles. The third-order valence-corrected chi connectivity index (χ3v) is 3.97. The molecule has 6 heteroatoms. The van der Waals surface area contributed by atoms with E-state index in [2.05, 4.69) is 5.32 Å². The fraction of sp³-hybridized carbons (Fsp3) is 0.263. The molecule has 0 heterocycles. The molecule has 0 radical (unpaired) electrons. The first kappa shape index (κ1) is 18.8. The Morgan fingerprint density at radius 2 is 1.88 bits per heavy atom. The maximum absolute atomic E-state index is 12.1. The van der Waals surface area contributed by atoms with E-state index < -0.39 is 18.5 Å². The van der Waals surface area contributed by atoms with Gasteiger partial charge in [0.1, 0.15) is 11.3 Å². The molecule has 0 bridgehead atoms. The van der Waals surface area contributed by atoms with Crippen LogP contribution in [0.3, 0.4) is 0 Å². The highest BCUT2D eigenvalue weighted by Crippen LogP contribution is 2.22. The van der Waals surface area contributed by atoms with Crippen LogP contribution in [0.5, 0.6) is 5.75 Å². The topological polar surface area (TPSA) is 75.6 Å². The first-order valence-electron chi connectivity index (χ1n) is 7.92. The second-order valence-electron chi connectivity index (χ2n) is 5.68. The summed E-state index contributed by atoms with van der Waals surface area (Å²) in [5, 5.41) is 12.8. The molecule has 25 heavy (non-hydrogen) atoms. The lowest BCUT2D eigenvalue weighted by atomic mass is 10.0. The maximum Gasteiger partial charge on any atom is 0.342 e. The zero-order valence-corrected chi connectivity index (χ0v) is 14.8. The Hall–Kier alpha value is -2.53. The van der Waals surface area contributed by atoms with Crippen molar-refractivity contribution < 1.29 is 19.4 Å². The summed E-state index contributed by atoms with van der Waals surface area (Å²) in [6.45, 7) is 3.52. The number of carbonyl (C=O) groups excluding carboxylic acids is 2. The van der Waals surface area contributed by atoms with E-state index in [1.807, 2.05) is 38.1 Å². The standard InChI is InChI=1S/C19H20ClNO4/c1-3-16(13-6-4-12(2)5-7-13)21-18(23)11-25-19(24)15-10-14(20)8-9-17(15)22/h4-10,16,22H,3,11H2,1-2H3,(H,21,23)/t16-/m0/s1. The number of amides is 1. The largest absolute Gasteiger partial charge is 0.507 e. The Balaban J connectivity index is 1.94. The van der Waals surface area contributed by atoms with Gasteiger partial charge in [-0.05, 0) is 37.1 Å². The summed E-state index contributed by atoms with van der Waals surface area (Å²) in [4.78, 5) is 24.0. The van der Waals surface area contributed by atoms with Crippen molar-refractivity contribution in [3.05, 3.63) is 64.2 Å². The summed E-state index contributed by atoms with van der Waals surface area (Å²) >= 11 is 5.79. The van der Waals surface area contributed by atoms with E-state index in [4.69, 9.17) is 16.3 Å². The van der Waals surface area contributed by atoms with Gasteiger partial charge in [-0.3, -0.25) is 4.79 Å².